The predicted molar refractivity (Wildman–Crippen MR) is 80.1 cm³/mol. The molecule has 0 spiro atoms. The van der Waals surface area contributed by atoms with Gasteiger partial charge in [0.15, 0.2) is 0 Å². The van der Waals surface area contributed by atoms with Gasteiger partial charge in [0.25, 0.3) is 0 Å². The lowest BCUT2D eigenvalue weighted by atomic mass is 10.1. The SMILES string of the molecule is CCC(C)NC(=O)C(C)N(C)c1ccccc1CN. The van der Waals surface area contributed by atoms with E-state index in [0.29, 0.717) is 6.54 Å². The minimum Gasteiger partial charge on any atom is -0.363 e. The molecule has 4 nitrogen and oxygen atoms in total. The normalized spacial score (nSPS) is 13.7. The third-order valence-corrected chi connectivity index (χ3v) is 3.55. The summed E-state index contributed by atoms with van der Waals surface area (Å²) < 4.78 is 0. The molecule has 0 radical (unpaired) electrons. The summed E-state index contributed by atoms with van der Waals surface area (Å²) in [5, 5.41) is 3.01. The summed E-state index contributed by atoms with van der Waals surface area (Å²) in [6, 6.07) is 7.89. The molecule has 0 heterocycles. The summed E-state index contributed by atoms with van der Waals surface area (Å²) in [7, 11) is 1.93. The number of likely N-dealkylation sites (N-methyl/N-ethyl adjacent to an activating group) is 1. The average Bonchev–Trinajstić information content (AvgIpc) is 2.45. The second-order valence-corrected chi connectivity index (χ2v) is 4.94. The Balaban J connectivity index is 2.81. The third-order valence-electron chi connectivity index (χ3n) is 3.55. The lowest BCUT2D eigenvalue weighted by Crippen LogP contribution is -2.46. The highest BCUT2D eigenvalue weighted by Crippen LogP contribution is 2.20. The van der Waals surface area contributed by atoms with Crippen molar-refractivity contribution in [3.63, 3.8) is 0 Å². The molecule has 0 bridgehead atoms. The van der Waals surface area contributed by atoms with Crippen molar-refractivity contribution >= 4 is 11.6 Å². The summed E-state index contributed by atoms with van der Waals surface area (Å²) in [5.41, 5.74) is 7.80. The molecule has 0 aliphatic rings. The molecular formula is C15H25N3O. The first-order valence-corrected chi connectivity index (χ1v) is 6.82. The molecule has 1 rings (SSSR count). The molecule has 0 aliphatic heterocycles. The van der Waals surface area contributed by atoms with Crippen molar-refractivity contribution in [3.05, 3.63) is 29.8 Å². The van der Waals surface area contributed by atoms with Gasteiger partial charge in [-0.2, -0.15) is 0 Å². The van der Waals surface area contributed by atoms with Crippen molar-refractivity contribution < 1.29 is 4.79 Å². The van der Waals surface area contributed by atoms with Gasteiger partial charge in [0, 0.05) is 25.3 Å². The maximum atomic E-state index is 12.1. The Kier molecular flexibility index (Phi) is 5.83. The smallest absolute Gasteiger partial charge is 0.242 e. The van der Waals surface area contributed by atoms with Crippen LogP contribution in [-0.4, -0.2) is 25.0 Å². The summed E-state index contributed by atoms with van der Waals surface area (Å²) in [6.07, 6.45) is 0.932. The predicted octanol–water partition coefficient (Wildman–Crippen LogP) is 1.88. The number of carbonyl (C=O) groups excluding carboxylic acids is 1. The Hall–Kier alpha value is -1.55. The van der Waals surface area contributed by atoms with Crippen LogP contribution in [0.3, 0.4) is 0 Å². The van der Waals surface area contributed by atoms with Crippen molar-refractivity contribution in [3.8, 4) is 0 Å². The van der Waals surface area contributed by atoms with Gasteiger partial charge in [0.2, 0.25) is 5.91 Å². The van der Waals surface area contributed by atoms with Crippen LogP contribution in [0.25, 0.3) is 0 Å². The fourth-order valence-corrected chi connectivity index (χ4v) is 1.88. The molecule has 0 aliphatic carbocycles. The van der Waals surface area contributed by atoms with E-state index in [-0.39, 0.29) is 18.0 Å². The number of amides is 1. The molecule has 4 heteroatoms. The zero-order valence-corrected chi connectivity index (χ0v) is 12.3. The second-order valence-electron chi connectivity index (χ2n) is 4.94. The van der Waals surface area contributed by atoms with Crippen LogP contribution in [0.2, 0.25) is 0 Å². The quantitative estimate of drug-likeness (QED) is 0.824. The number of carbonyl (C=O) groups is 1. The molecule has 106 valence electrons. The first-order valence-electron chi connectivity index (χ1n) is 6.82. The van der Waals surface area contributed by atoms with E-state index in [1.807, 2.05) is 50.1 Å². The minimum absolute atomic E-state index is 0.0451. The van der Waals surface area contributed by atoms with Gasteiger partial charge >= 0.3 is 0 Å². The second kappa shape index (κ2) is 7.14. The molecule has 0 saturated heterocycles. The molecule has 1 aromatic carbocycles. The topological polar surface area (TPSA) is 58.4 Å². The van der Waals surface area contributed by atoms with Crippen LogP contribution in [0, 0.1) is 0 Å². The van der Waals surface area contributed by atoms with Crippen LogP contribution >= 0.6 is 0 Å². The zero-order chi connectivity index (χ0) is 14.4. The van der Waals surface area contributed by atoms with Gasteiger partial charge < -0.3 is 16.0 Å². The molecule has 1 amide bonds. The van der Waals surface area contributed by atoms with E-state index in [1.54, 1.807) is 0 Å². The van der Waals surface area contributed by atoms with Gasteiger partial charge in [-0.1, -0.05) is 25.1 Å². The molecule has 3 N–H and O–H groups in total. The monoisotopic (exact) mass is 263 g/mol. The number of nitrogens with two attached hydrogens (primary N) is 1. The number of benzene rings is 1. The van der Waals surface area contributed by atoms with E-state index in [2.05, 4.69) is 12.2 Å². The van der Waals surface area contributed by atoms with E-state index < -0.39 is 0 Å². The Morgan fingerprint density at radius 1 is 1.37 bits per heavy atom. The van der Waals surface area contributed by atoms with E-state index >= 15 is 0 Å². The molecule has 2 atom stereocenters. The van der Waals surface area contributed by atoms with Crippen LogP contribution < -0.4 is 16.0 Å². The fourth-order valence-electron chi connectivity index (χ4n) is 1.88. The van der Waals surface area contributed by atoms with Crippen molar-refractivity contribution in [1.29, 1.82) is 0 Å². The fraction of sp³-hybridized carbons (Fsp3) is 0.533. The Labute approximate surface area is 116 Å². The number of para-hydroxylation sites is 1. The largest absolute Gasteiger partial charge is 0.363 e. The number of nitrogens with zero attached hydrogens (tertiary/aromatic N) is 1. The summed E-state index contributed by atoms with van der Waals surface area (Å²) in [6.45, 7) is 6.45. The highest BCUT2D eigenvalue weighted by molar-refractivity contribution is 5.85. The summed E-state index contributed by atoms with van der Waals surface area (Å²) in [4.78, 5) is 14.1. The summed E-state index contributed by atoms with van der Waals surface area (Å²) in [5.74, 6) is 0.0451. The van der Waals surface area contributed by atoms with Gasteiger partial charge in [-0.15, -0.1) is 0 Å². The highest BCUT2D eigenvalue weighted by Gasteiger charge is 2.20. The maximum absolute atomic E-state index is 12.1. The zero-order valence-electron chi connectivity index (χ0n) is 12.3. The van der Waals surface area contributed by atoms with Gasteiger partial charge in [0.05, 0.1) is 0 Å². The van der Waals surface area contributed by atoms with Crippen molar-refractivity contribution in [2.24, 2.45) is 5.73 Å². The van der Waals surface area contributed by atoms with Crippen LogP contribution in [0.4, 0.5) is 5.69 Å². The average molecular weight is 263 g/mol. The molecular weight excluding hydrogens is 238 g/mol. The Morgan fingerprint density at radius 3 is 2.58 bits per heavy atom. The van der Waals surface area contributed by atoms with Gasteiger partial charge in [-0.3, -0.25) is 4.79 Å². The standard InChI is InChI=1S/C15H25N3O/c1-5-11(2)17-15(19)12(3)18(4)14-9-7-6-8-13(14)10-16/h6-9,11-12H,5,10,16H2,1-4H3,(H,17,19). The number of nitrogens with one attached hydrogen (secondary N) is 1. The van der Waals surface area contributed by atoms with Crippen LogP contribution in [0.15, 0.2) is 24.3 Å². The maximum Gasteiger partial charge on any atom is 0.242 e. The molecule has 19 heavy (non-hydrogen) atoms. The lowest BCUT2D eigenvalue weighted by molar-refractivity contribution is -0.122. The molecule has 2 unspecified atom stereocenters. The molecule has 0 aromatic heterocycles. The van der Waals surface area contributed by atoms with Crippen molar-refractivity contribution in [2.75, 3.05) is 11.9 Å². The lowest BCUT2D eigenvalue weighted by Gasteiger charge is -2.29. The van der Waals surface area contributed by atoms with Gasteiger partial charge in [-0.05, 0) is 31.9 Å². The van der Waals surface area contributed by atoms with Crippen LogP contribution in [-0.2, 0) is 11.3 Å². The van der Waals surface area contributed by atoms with Crippen LogP contribution in [0.1, 0.15) is 32.8 Å². The Bertz CT molecular complexity index is 420. The van der Waals surface area contributed by atoms with Crippen LogP contribution in [0.5, 0.6) is 0 Å². The highest BCUT2D eigenvalue weighted by atomic mass is 16.2. The minimum atomic E-state index is -0.221. The number of anilines is 1. The number of hydrogen-bond acceptors (Lipinski definition) is 3. The molecule has 0 saturated carbocycles. The Morgan fingerprint density at radius 2 is 2.00 bits per heavy atom. The van der Waals surface area contributed by atoms with Crippen molar-refractivity contribution in [1.82, 2.24) is 5.32 Å². The van der Waals surface area contributed by atoms with E-state index in [4.69, 9.17) is 5.73 Å². The first-order chi connectivity index (χ1) is 9.01. The third kappa shape index (κ3) is 3.96. The summed E-state index contributed by atoms with van der Waals surface area (Å²) >= 11 is 0. The molecule has 0 fully saturated rings. The number of rotatable bonds is 6. The first kappa shape index (κ1) is 15.5. The van der Waals surface area contributed by atoms with Gasteiger partial charge in [-0.25, -0.2) is 0 Å². The number of hydrogen-bond donors (Lipinski definition) is 2. The van der Waals surface area contributed by atoms with E-state index in [0.717, 1.165) is 17.7 Å². The molecule has 1 aromatic rings. The van der Waals surface area contributed by atoms with Crippen molar-refractivity contribution in [2.45, 2.75) is 45.8 Å². The van der Waals surface area contributed by atoms with E-state index in [1.165, 1.54) is 0 Å². The van der Waals surface area contributed by atoms with E-state index in [9.17, 15) is 4.79 Å². The van der Waals surface area contributed by atoms with Gasteiger partial charge in [0.1, 0.15) is 6.04 Å².